The largest absolute Gasteiger partial charge is 0.493 e. The van der Waals surface area contributed by atoms with Gasteiger partial charge in [0.1, 0.15) is 10.7 Å². The van der Waals surface area contributed by atoms with E-state index in [-0.39, 0.29) is 5.91 Å². The van der Waals surface area contributed by atoms with E-state index in [1.54, 1.807) is 30.9 Å². The Morgan fingerprint density at radius 2 is 2.04 bits per heavy atom. The van der Waals surface area contributed by atoms with E-state index in [0.29, 0.717) is 23.7 Å². The molecular weight excluding hydrogens is 344 g/mol. The number of benzene rings is 1. The number of thiophene rings is 1. The van der Waals surface area contributed by atoms with Crippen molar-refractivity contribution in [2.45, 2.75) is 6.54 Å². The van der Waals surface area contributed by atoms with E-state index in [2.05, 4.69) is 10.3 Å². The number of ether oxygens (including phenoxy) is 2. The van der Waals surface area contributed by atoms with Crippen molar-refractivity contribution < 1.29 is 14.3 Å². The van der Waals surface area contributed by atoms with E-state index < -0.39 is 0 Å². The third-order valence-corrected chi connectivity index (χ3v) is 5.27. The van der Waals surface area contributed by atoms with Crippen LogP contribution in [0.2, 0.25) is 0 Å². The van der Waals surface area contributed by atoms with Gasteiger partial charge in [-0.15, -0.1) is 22.7 Å². The van der Waals surface area contributed by atoms with Crippen molar-refractivity contribution in [3.05, 3.63) is 52.3 Å². The van der Waals surface area contributed by atoms with Crippen LogP contribution in [0.1, 0.15) is 16.1 Å². The van der Waals surface area contributed by atoms with Crippen LogP contribution in [0.3, 0.4) is 0 Å². The predicted molar refractivity (Wildman–Crippen MR) is 96.1 cm³/mol. The number of methoxy groups -OCH3 is 2. The van der Waals surface area contributed by atoms with Gasteiger partial charge < -0.3 is 14.8 Å². The fourth-order valence-electron chi connectivity index (χ4n) is 2.25. The van der Waals surface area contributed by atoms with Gasteiger partial charge in [-0.1, -0.05) is 18.2 Å². The van der Waals surface area contributed by atoms with Gasteiger partial charge >= 0.3 is 0 Å². The van der Waals surface area contributed by atoms with Gasteiger partial charge in [0.15, 0.2) is 11.5 Å². The van der Waals surface area contributed by atoms with Gasteiger partial charge in [-0.05, 0) is 17.5 Å². The summed E-state index contributed by atoms with van der Waals surface area (Å²) in [4.78, 5) is 17.8. The SMILES string of the molecule is COc1cccc(CNC(=O)c2csc(-c3cccs3)n2)c1OC. The zero-order chi connectivity index (χ0) is 16.9. The molecule has 1 N–H and O–H groups in total. The first-order valence-electron chi connectivity index (χ1n) is 7.20. The molecule has 0 fully saturated rings. The molecule has 24 heavy (non-hydrogen) atoms. The minimum Gasteiger partial charge on any atom is -0.493 e. The number of nitrogens with one attached hydrogen (secondary N) is 1. The maximum Gasteiger partial charge on any atom is 0.271 e. The van der Waals surface area contributed by atoms with Crippen LogP contribution >= 0.6 is 22.7 Å². The minimum atomic E-state index is -0.209. The lowest BCUT2D eigenvalue weighted by molar-refractivity contribution is 0.0946. The van der Waals surface area contributed by atoms with E-state index in [9.17, 15) is 4.79 Å². The summed E-state index contributed by atoms with van der Waals surface area (Å²) in [7, 11) is 3.17. The summed E-state index contributed by atoms with van der Waals surface area (Å²) in [5, 5.41) is 7.49. The normalized spacial score (nSPS) is 10.4. The van der Waals surface area contributed by atoms with Crippen molar-refractivity contribution in [2.75, 3.05) is 14.2 Å². The van der Waals surface area contributed by atoms with Crippen LogP contribution in [0.15, 0.2) is 41.1 Å². The van der Waals surface area contributed by atoms with Gasteiger partial charge in [-0.3, -0.25) is 4.79 Å². The van der Waals surface area contributed by atoms with Crippen LogP contribution in [-0.4, -0.2) is 25.1 Å². The quantitative estimate of drug-likeness (QED) is 0.726. The standard InChI is InChI=1S/C17H16N2O3S2/c1-21-13-6-3-5-11(15(13)22-2)9-18-16(20)12-10-24-17(19-12)14-7-4-8-23-14/h3-8,10H,9H2,1-2H3,(H,18,20). The monoisotopic (exact) mass is 360 g/mol. The Balaban J connectivity index is 1.70. The highest BCUT2D eigenvalue weighted by atomic mass is 32.1. The number of hydrogen-bond donors (Lipinski definition) is 1. The van der Waals surface area contributed by atoms with Crippen LogP contribution in [0, 0.1) is 0 Å². The van der Waals surface area contributed by atoms with Gasteiger partial charge in [0.25, 0.3) is 5.91 Å². The molecule has 0 saturated carbocycles. The zero-order valence-corrected chi connectivity index (χ0v) is 14.9. The second-order valence-corrected chi connectivity index (χ2v) is 6.66. The average molecular weight is 360 g/mol. The Bertz CT molecular complexity index is 828. The Kier molecular flexibility index (Phi) is 5.12. The summed E-state index contributed by atoms with van der Waals surface area (Å²) in [5.74, 6) is 1.05. The van der Waals surface area contributed by atoms with Crippen LogP contribution in [-0.2, 0) is 6.54 Å². The first kappa shape index (κ1) is 16.5. The topological polar surface area (TPSA) is 60.5 Å². The average Bonchev–Trinajstić information content (AvgIpc) is 3.29. The Morgan fingerprint density at radius 1 is 1.17 bits per heavy atom. The lowest BCUT2D eigenvalue weighted by atomic mass is 10.2. The number of rotatable bonds is 6. The van der Waals surface area contributed by atoms with Gasteiger partial charge in [0, 0.05) is 17.5 Å². The molecule has 0 saturated heterocycles. The third-order valence-electron chi connectivity index (χ3n) is 3.39. The molecule has 0 aliphatic carbocycles. The molecule has 0 bridgehead atoms. The van der Waals surface area contributed by atoms with Crippen LogP contribution in [0.25, 0.3) is 9.88 Å². The number of amides is 1. The highest BCUT2D eigenvalue weighted by molar-refractivity contribution is 7.20. The first-order chi connectivity index (χ1) is 11.7. The third kappa shape index (κ3) is 3.42. The maximum atomic E-state index is 12.3. The second kappa shape index (κ2) is 7.46. The molecule has 2 aromatic heterocycles. The second-order valence-electron chi connectivity index (χ2n) is 4.85. The van der Waals surface area contributed by atoms with Crippen molar-refractivity contribution in [1.29, 1.82) is 0 Å². The predicted octanol–water partition coefficient (Wildman–Crippen LogP) is 3.82. The molecule has 1 aromatic carbocycles. The van der Waals surface area contributed by atoms with Crippen molar-refractivity contribution in [3.8, 4) is 21.4 Å². The summed E-state index contributed by atoms with van der Waals surface area (Å²) in [6.07, 6.45) is 0. The van der Waals surface area contributed by atoms with E-state index >= 15 is 0 Å². The molecule has 0 radical (unpaired) electrons. The number of hydrogen-bond acceptors (Lipinski definition) is 6. The number of carbonyl (C=O) groups excluding carboxylic acids is 1. The fraction of sp³-hybridized carbons (Fsp3) is 0.176. The molecule has 0 atom stereocenters. The Labute approximate surface area is 147 Å². The molecule has 3 rings (SSSR count). The van der Waals surface area contributed by atoms with Gasteiger partial charge in [0.2, 0.25) is 0 Å². The summed E-state index contributed by atoms with van der Waals surface area (Å²) in [5.41, 5.74) is 1.27. The molecule has 0 aliphatic heterocycles. The number of aromatic nitrogens is 1. The maximum absolute atomic E-state index is 12.3. The van der Waals surface area contributed by atoms with Gasteiger partial charge in [-0.2, -0.15) is 0 Å². The number of nitrogens with zero attached hydrogens (tertiary/aromatic N) is 1. The van der Waals surface area contributed by atoms with Crippen LogP contribution < -0.4 is 14.8 Å². The number of carbonyl (C=O) groups is 1. The smallest absolute Gasteiger partial charge is 0.271 e. The van der Waals surface area contributed by atoms with E-state index in [1.807, 2.05) is 35.7 Å². The molecule has 1 amide bonds. The summed E-state index contributed by atoms with van der Waals surface area (Å²) in [6.45, 7) is 0.338. The van der Waals surface area contributed by atoms with Crippen molar-refractivity contribution in [1.82, 2.24) is 10.3 Å². The van der Waals surface area contributed by atoms with E-state index in [4.69, 9.17) is 9.47 Å². The molecule has 2 heterocycles. The lowest BCUT2D eigenvalue weighted by Crippen LogP contribution is -2.23. The fourth-order valence-corrected chi connectivity index (χ4v) is 3.86. The molecule has 5 nitrogen and oxygen atoms in total. The zero-order valence-electron chi connectivity index (χ0n) is 13.2. The van der Waals surface area contributed by atoms with E-state index in [0.717, 1.165) is 15.4 Å². The highest BCUT2D eigenvalue weighted by Gasteiger charge is 2.14. The Morgan fingerprint density at radius 3 is 2.75 bits per heavy atom. The van der Waals surface area contributed by atoms with Gasteiger partial charge in [-0.25, -0.2) is 4.98 Å². The molecule has 0 spiro atoms. The first-order valence-corrected chi connectivity index (χ1v) is 8.96. The molecular formula is C17H16N2O3S2. The lowest BCUT2D eigenvalue weighted by Gasteiger charge is -2.12. The Hall–Kier alpha value is -2.38. The summed E-state index contributed by atoms with van der Waals surface area (Å²) >= 11 is 3.07. The minimum absolute atomic E-state index is 0.209. The van der Waals surface area contributed by atoms with Gasteiger partial charge in [0.05, 0.1) is 19.1 Å². The summed E-state index contributed by atoms with van der Waals surface area (Å²) in [6, 6.07) is 9.53. The molecule has 7 heteroatoms. The summed E-state index contributed by atoms with van der Waals surface area (Å²) < 4.78 is 10.6. The molecule has 3 aromatic rings. The molecule has 124 valence electrons. The number of para-hydroxylation sites is 1. The highest BCUT2D eigenvalue weighted by Crippen LogP contribution is 2.31. The van der Waals surface area contributed by atoms with E-state index in [1.165, 1.54) is 11.3 Å². The van der Waals surface area contributed by atoms with Crippen molar-refractivity contribution in [2.24, 2.45) is 0 Å². The molecule has 0 aliphatic rings. The number of thiazole rings is 1. The van der Waals surface area contributed by atoms with Crippen LogP contribution in [0.4, 0.5) is 0 Å². The van der Waals surface area contributed by atoms with Crippen molar-refractivity contribution in [3.63, 3.8) is 0 Å². The molecule has 0 unspecified atom stereocenters. The van der Waals surface area contributed by atoms with Crippen molar-refractivity contribution >= 4 is 28.6 Å². The van der Waals surface area contributed by atoms with Crippen LogP contribution in [0.5, 0.6) is 11.5 Å².